The number of rotatable bonds is 4. The van der Waals surface area contributed by atoms with Gasteiger partial charge in [-0.2, -0.15) is 10.1 Å². The molecule has 0 bridgehead atoms. The predicted molar refractivity (Wildman–Crippen MR) is 93.6 cm³/mol. The van der Waals surface area contributed by atoms with Crippen LogP contribution in [-0.4, -0.2) is 48.8 Å². The van der Waals surface area contributed by atoms with E-state index in [2.05, 4.69) is 25.3 Å². The van der Waals surface area contributed by atoms with E-state index < -0.39 is 5.97 Å². The minimum atomic E-state index is -1.06. The summed E-state index contributed by atoms with van der Waals surface area (Å²) in [5, 5.41) is 16.0. The quantitative estimate of drug-likeness (QED) is 0.859. The van der Waals surface area contributed by atoms with Crippen molar-refractivity contribution in [1.29, 1.82) is 0 Å². The number of hydrogen-bond donors (Lipinski definition) is 2. The van der Waals surface area contributed by atoms with Crippen molar-refractivity contribution in [2.45, 2.75) is 51.1 Å². The van der Waals surface area contributed by atoms with Crippen LogP contribution >= 0.6 is 0 Å². The Kier molecular flexibility index (Phi) is 4.06. The van der Waals surface area contributed by atoms with E-state index in [0.717, 1.165) is 25.7 Å². The normalized spacial score (nSPS) is 20.1. The first-order chi connectivity index (χ1) is 12.6. The molecule has 1 aliphatic heterocycles. The number of hydrogen-bond acceptors (Lipinski definition) is 6. The van der Waals surface area contributed by atoms with Crippen LogP contribution < -0.4 is 10.2 Å². The van der Waals surface area contributed by atoms with Gasteiger partial charge in [0.25, 0.3) is 5.95 Å². The van der Waals surface area contributed by atoms with E-state index in [1.807, 2.05) is 6.92 Å². The summed E-state index contributed by atoms with van der Waals surface area (Å²) in [6.07, 6.45) is 9.25. The molecule has 3 heterocycles. The zero-order valence-electron chi connectivity index (χ0n) is 14.4. The summed E-state index contributed by atoms with van der Waals surface area (Å²) in [7, 11) is 0. The Morgan fingerprint density at radius 1 is 1.35 bits per heavy atom. The zero-order chi connectivity index (χ0) is 18.3. The molecule has 9 nitrogen and oxygen atoms in total. The van der Waals surface area contributed by atoms with Crippen LogP contribution in [0.15, 0.2) is 18.6 Å². The zero-order valence-corrected chi connectivity index (χ0v) is 14.4. The maximum absolute atomic E-state index is 12.5. The molecule has 2 aromatic heterocycles. The fraction of sp³-hybridized carbons (Fsp3) is 0.471. The Bertz CT molecular complexity index is 858. The number of fused-ring (bicyclic) bond motifs is 1. The van der Waals surface area contributed by atoms with Crippen LogP contribution in [0.3, 0.4) is 0 Å². The van der Waals surface area contributed by atoms with Crippen LogP contribution in [0, 0.1) is 0 Å². The lowest BCUT2D eigenvalue weighted by Gasteiger charge is -2.40. The van der Waals surface area contributed by atoms with Crippen LogP contribution in [0.1, 0.15) is 49.4 Å². The minimum Gasteiger partial charge on any atom is -0.478 e. The van der Waals surface area contributed by atoms with Crippen LogP contribution in [0.5, 0.6) is 0 Å². The SMILES string of the molecule is CCC1C(=O)Nc2cnc(-n3cc(C(=O)O)cn3)nc2N1C1CCCC1. The summed E-state index contributed by atoms with van der Waals surface area (Å²) in [5.74, 6) is -0.124. The highest BCUT2D eigenvalue weighted by Crippen LogP contribution is 2.37. The highest BCUT2D eigenvalue weighted by atomic mass is 16.4. The van der Waals surface area contributed by atoms with Crippen molar-refractivity contribution in [2.75, 3.05) is 10.2 Å². The molecule has 0 spiro atoms. The second-order valence-electron chi connectivity index (χ2n) is 6.64. The molecule has 26 heavy (non-hydrogen) atoms. The Morgan fingerprint density at radius 2 is 2.12 bits per heavy atom. The van der Waals surface area contributed by atoms with Gasteiger partial charge in [-0.05, 0) is 19.3 Å². The molecule has 9 heteroatoms. The minimum absolute atomic E-state index is 0.0319. The number of aromatic carboxylic acids is 1. The first-order valence-corrected chi connectivity index (χ1v) is 8.83. The number of carboxylic acids is 1. The van der Waals surface area contributed by atoms with Gasteiger partial charge in [0.2, 0.25) is 5.91 Å². The van der Waals surface area contributed by atoms with Crippen LogP contribution in [0.4, 0.5) is 11.5 Å². The second-order valence-corrected chi connectivity index (χ2v) is 6.64. The summed E-state index contributed by atoms with van der Waals surface area (Å²) in [4.78, 5) is 34.5. The molecule has 2 N–H and O–H groups in total. The number of nitrogens with zero attached hydrogens (tertiary/aromatic N) is 5. The summed E-state index contributed by atoms with van der Waals surface area (Å²) in [6.45, 7) is 1.99. The van der Waals surface area contributed by atoms with E-state index in [0.29, 0.717) is 17.9 Å². The molecular formula is C17H20N6O3. The van der Waals surface area contributed by atoms with Crippen LogP contribution in [0.25, 0.3) is 5.95 Å². The van der Waals surface area contributed by atoms with Crippen molar-refractivity contribution in [2.24, 2.45) is 0 Å². The standard InChI is InChI=1S/C17H20N6O3/c1-2-13-15(24)20-12-8-18-17(22-9-10(7-19-22)16(25)26)21-14(12)23(13)11-5-3-4-6-11/h7-9,11,13H,2-6H2,1H3,(H,20,24)(H,25,26). The topological polar surface area (TPSA) is 113 Å². The van der Waals surface area contributed by atoms with Gasteiger partial charge >= 0.3 is 5.97 Å². The summed E-state index contributed by atoms with van der Waals surface area (Å²) in [6, 6.07) is 0.0141. The van der Waals surface area contributed by atoms with Gasteiger partial charge < -0.3 is 15.3 Å². The first-order valence-electron chi connectivity index (χ1n) is 8.83. The monoisotopic (exact) mass is 356 g/mol. The average molecular weight is 356 g/mol. The number of carbonyl (C=O) groups excluding carboxylic acids is 1. The molecule has 1 fully saturated rings. The average Bonchev–Trinajstić information content (AvgIpc) is 3.32. The Hall–Kier alpha value is -2.97. The molecule has 1 saturated carbocycles. The van der Waals surface area contributed by atoms with E-state index in [-0.39, 0.29) is 29.5 Å². The number of anilines is 2. The maximum atomic E-state index is 12.5. The van der Waals surface area contributed by atoms with Gasteiger partial charge in [0.1, 0.15) is 11.7 Å². The van der Waals surface area contributed by atoms with Gasteiger partial charge in [-0.3, -0.25) is 4.79 Å². The van der Waals surface area contributed by atoms with E-state index in [4.69, 9.17) is 5.11 Å². The lowest BCUT2D eigenvalue weighted by molar-refractivity contribution is -0.117. The molecule has 1 unspecified atom stereocenters. The first kappa shape index (κ1) is 16.5. The van der Waals surface area contributed by atoms with Gasteiger partial charge in [0, 0.05) is 12.2 Å². The van der Waals surface area contributed by atoms with Gasteiger partial charge in [-0.25, -0.2) is 14.5 Å². The van der Waals surface area contributed by atoms with Gasteiger partial charge in [-0.15, -0.1) is 0 Å². The van der Waals surface area contributed by atoms with Crippen molar-refractivity contribution < 1.29 is 14.7 Å². The lowest BCUT2D eigenvalue weighted by Crippen LogP contribution is -2.52. The smallest absolute Gasteiger partial charge is 0.338 e. The molecule has 1 atom stereocenters. The predicted octanol–water partition coefficient (Wildman–Crippen LogP) is 1.84. The highest BCUT2D eigenvalue weighted by molar-refractivity contribution is 6.02. The molecule has 2 aliphatic rings. The van der Waals surface area contributed by atoms with Crippen molar-refractivity contribution in [3.63, 3.8) is 0 Å². The molecular weight excluding hydrogens is 336 g/mol. The van der Waals surface area contributed by atoms with E-state index in [9.17, 15) is 9.59 Å². The van der Waals surface area contributed by atoms with Crippen LogP contribution in [-0.2, 0) is 4.79 Å². The van der Waals surface area contributed by atoms with Gasteiger partial charge in [-0.1, -0.05) is 19.8 Å². The van der Waals surface area contributed by atoms with Crippen molar-refractivity contribution in [3.05, 3.63) is 24.2 Å². The van der Waals surface area contributed by atoms with Crippen molar-refractivity contribution in [1.82, 2.24) is 19.7 Å². The van der Waals surface area contributed by atoms with Gasteiger partial charge in [0.05, 0.1) is 18.0 Å². The van der Waals surface area contributed by atoms with E-state index in [1.54, 1.807) is 6.20 Å². The van der Waals surface area contributed by atoms with E-state index >= 15 is 0 Å². The molecule has 0 aromatic carbocycles. The maximum Gasteiger partial charge on any atom is 0.338 e. The Balaban J connectivity index is 1.77. The Morgan fingerprint density at radius 3 is 2.77 bits per heavy atom. The number of carboxylic acid groups (broad SMARTS) is 1. The lowest BCUT2D eigenvalue weighted by atomic mass is 10.0. The Labute approximate surface area is 150 Å². The number of amides is 1. The molecule has 2 aromatic rings. The van der Waals surface area contributed by atoms with Crippen molar-refractivity contribution in [3.8, 4) is 5.95 Å². The molecule has 1 aliphatic carbocycles. The second kappa shape index (κ2) is 6.40. The third-order valence-electron chi connectivity index (χ3n) is 5.04. The molecule has 1 amide bonds. The third-order valence-corrected chi connectivity index (χ3v) is 5.04. The number of nitrogens with one attached hydrogen (secondary N) is 1. The highest BCUT2D eigenvalue weighted by Gasteiger charge is 2.38. The van der Waals surface area contributed by atoms with Crippen LogP contribution in [0.2, 0.25) is 0 Å². The van der Waals surface area contributed by atoms with E-state index in [1.165, 1.54) is 17.1 Å². The fourth-order valence-electron chi connectivity index (χ4n) is 3.78. The molecule has 0 radical (unpaired) electrons. The largest absolute Gasteiger partial charge is 0.478 e. The molecule has 4 rings (SSSR count). The third kappa shape index (κ3) is 2.69. The number of carbonyl (C=O) groups is 2. The fourth-order valence-corrected chi connectivity index (χ4v) is 3.78. The van der Waals surface area contributed by atoms with Gasteiger partial charge in [0.15, 0.2) is 5.82 Å². The summed E-state index contributed by atoms with van der Waals surface area (Å²) >= 11 is 0. The summed E-state index contributed by atoms with van der Waals surface area (Å²) < 4.78 is 1.34. The summed E-state index contributed by atoms with van der Waals surface area (Å²) in [5.41, 5.74) is 0.652. The molecule has 136 valence electrons. The van der Waals surface area contributed by atoms with Crippen molar-refractivity contribution >= 4 is 23.4 Å². The molecule has 0 saturated heterocycles. The number of aromatic nitrogens is 4.